The SMILES string of the molecule is O=C(O)COC1CCN(C(=O)NCCC2=CCCC2)CC1. The number of carboxylic acids is 1. The van der Waals surface area contributed by atoms with Gasteiger partial charge in [0.15, 0.2) is 0 Å². The third-order valence-corrected chi connectivity index (χ3v) is 4.03. The van der Waals surface area contributed by atoms with Crippen molar-refractivity contribution < 1.29 is 19.4 Å². The predicted octanol–water partition coefficient (Wildman–Crippen LogP) is 1.76. The molecule has 21 heavy (non-hydrogen) atoms. The van der Waals surface area contributed by atoms with E-state index < -0.39 is 5.97 Å². The Bertz CT molecular complexity index is 400. The number of piperidine rings is 1. The van der Waals surface area contributed by atoms with E-state index in [-0.39, 0.29) is 18.7 Å². The highest BCUT2D eigenvalue weighted by Gasteiger charge is 2.23. The van der Waals surface area contributed by atoms with Crippen molar-refractivity contribution >= 4 is 12.0 Å². The first kappa shape index (κ1) is 15.8. The number of ether oxygens (including phenoxy) is 1. The fraction of sp³-hybridized carbons (Fsp3) is 0.733. The minimum atomic E-state index is -0.948. The van der Waals surface area contributed by atoms with Gasteiger partial charge in [0.05, 0.1) is 6.10 Å². The Morgan fingerprint density at radius 1 is 1.38 bits per heavy atom. The molecule has 118 valence electrons. The van der Waals surface area contributed by atoms with Gasteiger partial charge in [-0.05, 0) is 38.5 Å². The molecule has 0 aromatic rings. The summed E-state index contributed by atoms with van der Waals surface area (Å²) in [5, 5.41) is 11.5. The van der Waals surface area contributed by atoms with E-state index in [4.69, 9.17) is 9.84 Å². The van der Waals surface area contributed by atoms with Gasteiger partial charge in [-0.15, -0.1) is 0 Å². The van der Waals surface area contributed by atoms with Gasteiger partial charge in [0.1, 0.15) is 6.61 Å². The molecule has 1 saturated heterocycles. The number of aliphatic carboxylic acids is 1. The summed E-state index contributed by atoms with van der Waals surface area (Å²) in [4.78, 5) is 24.2. The van der Waals surface area contributed by atoms with Gasteiger partial charge in [-0.1, -0.05) is 11.6 Å². The summed E-state index contributed by atoms with van der Waals surface area (Å²) in [6.45, 7) is 1.68. The van der Waals surface area contributed by atoms with E-state index >= 15 is 0 Å². The van der Waals surface area contributed by atoms with E-state index in [1.54, 1.807) is 4.90 Å². The van der Waals surface area contributed by atoms with E-state index in [0.717, 1.165) is 6.42 Å². The summed E-state index contributed by atoms with van der Waals surface area (Å²) >= 11 is 0. The molecule has 2 rings (SSSR count). The second kappa shape index (κ2) is 8.02. The van der Waals surface area contributed by atoms with Gasteiger partial charge >= 0.3 is 12.0 Å². The lowest BCUT2D eigenvalue weighted by Crippen LogP contribution is -2.46. The Morgan fingerprint density at radius 2 is 2.14 bits per heavy atom. The Balaban J connectivity index is 1.60. The second-order valence-corrected chi connectivity index (χ2v) is 5.63. The van der Waals surface area contributed by atoms with Crippen molar-refractivity contribution in [3.8, 4) is 0 Å². The average Bonchev–Trinajstić information content (AvgIpc) is 2.99. The Morgan fingerprint density at radius 3 is 2.76 bits per heavy atom. The monoisotopic (exact) mass is 296 g/mol. The number of nitrogens with zero attached hydrogens (tertiary/aromatic N) is 1. The number of carbonyl (C=O) groups is 2. The number of urea groups is 1. The molecule has 0 radical (unpaired) electrons. The minimum absolute atomic E-state index is 0.0229. The Labute approximate surface area is 125 Å². The molecule has 1 aliphatic heterocycles. The molecule has 1 heterocycles. The normalized spacial score (nSPS) is 19.4. The Kier molecular flexibility index (Phi) is 6.04. The quantitative estimate of drug-likeness (QED) is 0.732. The van der Waals surface area contributed by atoms with Crippen molar-refractivity contribution in [3.05, 3.63) is 11.6 Å². The van der Waals surface area contributed by atoms with Gasteiger partial charge in [-0.3, -0.25) is 0 Å². The molecular weight excluding hydrogens is 272 g/mol. The van der Waals surface area contributed by atoms with E-state index in [0.29, 0.717) is 32.5 Å². The molecule has 0 aromatic carbocycles. The maximum Gasteiger partial charge on any atom is 0.329 e. The zero-order valence-electron chi connectivity index (χ0n) is 12.3. The molecule has 0 aromatic heterocycles. The summed E-state index contributed by atoms with van der Waals surface area (Å²) in [6.07, 6.45) is 8.16. The summed E-state index contributed by atoms with van der Waals surface area (Å²) < 4.78 is 5.26. The predicted molar refractivity (Wildman–Crippen MR) is 78.1 cm³/mol. The molecule has 0 unspecified atom stereocenters. The summed E-state index contributed by atoms with van der Waals surface area (Å²) in [5.74, 6) is -0.948. The topological polar surface area (TPSA) is 78.9 Å². The number of carbonyl (C=O) groups excluding carboxylic acids is 1. The highest BCUT2D eigenvalue weighted by atomic mass is 16.5. The van der Waals surface area contributed by atoms with Crippen LogP contribution in [0.4, 0.5) is 4.79 Å². The van der Waals surface area contributed by atoms with Crippen LogP contribution in [0.3, 0.4) is 0 Å². The molecule has 0 atom stereocenters. The van der Waals surface area contributed by atoms with Crippen LogP contribution in [0.25, 0.3) is 0 Å². The maximum atomic E-state index is 12.0. The van der Waals surface area contributed by atoms with Crippen LogP contribution in [0.5, 0.6) is 0 Å². The molecule has 1 fully saturated rings. The summed E-state index contributed by atoms with van der Waals surface area (Å²) in [7, 11) is 0. The number of hydrogen-bond acceptors (Lipinski definition) is 3. The maximum absolute atomic E-state index is 12.0. The van der Waals surface area contributed by atoms with E-state index in [9.17, 15) is 9.59 Å². The van der Waals surface area contributed by atoms with E-state index in [2.05, 4.69) is 11.4 Å². The molecule has 0 spiro atoms. The molecule has 2 aliphatic rings. The lowest BCUT2D eigenvalue weighted by atomic mass is 10.1. The Hall–Kier alpha value is -1.56. The lowest BCUT2D eigenvalue weighted by molar-refractivity contribution is -0.145. The smallest absolute Gasteiger partial charge is 0.329 e. The highest BCUT2D eigenvalue weighted by Crippen LogP contribution is 2.20. The standard InChI is InChI=1S/C15H24N2O4/c18-14(19)11-21-13-6-9-17(10-7-13)15(20)16-8-5-12-3-1-2-4-12/h3,13H,1-2,4-11H2,(H,16,20)(H,18,19). The van der Waals surface area contributed by atoms with Gasteiger partial charge in [-0.25, -0.2) is 9.59 Å². The molecule has 0 bridgehead atoms. The van der Waals surface area contributed by atoms with Crippen LogP contribution in [0, 0.1) is 0 Å². The average molecular weight is 296 g/mol. The number of nitrogens with one attached hydrogen (secondary N) is 1. The molecule has 1 aliphatic carbocycles. The van der Waals surface area contributed by atoms with Crippen LogP contribution in [0.1, 0.15) is 38.5 Å². The number of amides is 2. The molecule has 2 N–H and O–H groups in total. The first-order valence-corrected chi connectivity index (χ1v) is 7.69. The zero-order valence-corrected chi connectivity index (χ0v) is 12.3. The van der Waals surface area contributed by atoms with Crippen LogP contribution >= 0.6 is 0 Å². The van der Waals surface area contributed by atoms with Gasteiger partial charge in [-0.2, -0.15) is 0 Å². The van der Waals surface area contributed by atoms with E-state index in [1.807, 2.05) is 0 Å². The van der Waals surface area contributed by atoms with Crippen LogP contribution in [-0.2, 0) is 9.53 Å². The number of carboxylic acid groups (broad SMARTS) is 1. The van der Waals surface area contributed by atoms with Crippen LogP contribution < -0.4 is 5.32 Å². The molecule has 0 saturated carbocycles. The third kappa shape index (κ3) is 5.38. The zero-order chi connectivity index (χ0) is 15.1. The van der Waals surface area contributed by atoms with Crippen LogP contribution in [-0.4, -0.2) is 54.4 Å². The van der Waals surface area contributed by atoms with Crippen molar-refractivity contribution in [2.45, 2.75) is 44.6 Å². The van der Waals surface area contributed by atoms with Crippen molar-refractivity contribution in [1.82, 2.24) is 10.2 Å². The molecule has 6 nitrogen and oxygen atoms in total. The van der Waals surface area contributed by atoms with Gasteiger partial charge in [0.2, 0.25) is 0 Å². The fourth-order valence-electron chi connectivity index (χ4n) is 2.82. The largest absolute Gasteiger partial charge is 0.480 e. The first-order chi connectivity index (χ1) is 10.1. The third-order valence-electron chi connectivity index (χ3n) is 4.03. The second-order valence-electron chi connectivity index (χ2n) is 5.63. The first-order valence-electron chi connectivity index (χ1n) is 7.69. The molecule has 2 amide bonds. The molecular formula is C15H24N2O4. The summed E-state index contributed by atoms with van der Waals surface area (Å²) in [5.41, 5.74) is 1.45. The number of rotatable bonds is 6. The van der Waals surface area contributed by atoms with Crippen LogP contribution in [0.15, 0.2) is 11.6 Å². The molecule has 6 heteroatoms. The van der Waals surface area contributed by atoms with E-state index in [1.165, 1.54) is 24.8 Å². The van der Waals surface area contributed by atoms with Crippen molar-refractivity contribution in [3.63, 3.8) is 0 Å². The van der Waals surface area contributed by atoms with Crippen LogP contribution in [0.2, 0.25) is 0 Å². The van der Waals surface area contributed by atoms with Crippen molar-refractivity contribution in [2.75, 3.05) is 26.2 Å². The van der Waals surface area contributed by atoms with Gasteiger partial charge in [0.25, 0.3) is 0 Å². The highest BCUT2D eigenvalue weighted by molar-refractivity contribution is 5.74. The van der Waals surface area contributed by atoms with Crippen molar-refractivity contribution in [2.24, 2.45) is 0 Å². The number of likely N-dealkylation sites (tertiary alicyclic amines) is 1. The minimum Gasteiger partial charge on any atom is -0.480 e. The number of allylic oxidation sites excluding steroid dienone is 1. The fourth-order valence-corrected chi connectivity index (χ4v) is 2.82. The lowest BCUT2D eigenvalue weighted by Gasteiger charge is -2.31. The van der Waals surface area contributed by atoms with Gasteiger partial charge in [0, 0.05) is 19.6 Å². The summed E-state index contributed by atoms with van der Waals surface area (Å²) in [6, 6.07) is -0.0229. The van der Waals surface area contributed by atoms with Gasteiger partial charge < -0.3 is 20.1 Å². The van der Waals surface area contributed by atoms with Crippen molar-refractivity contribution in [1.29, 1.82) is 0 Å². The number of hydrogen-bond donors (Lipinski definition) is 2.